The molecule has 5 atom stereocenters. The van der Waals surface area contributed by atoms with E-state index >= 15 is 0 Å². The lowest BCUT2D eigenvalue weighted by molar-refractivity contribution is -0.161. The SMILES string of the molecule is CCCCC/C=C\C/C=C\C/C=C\C/C=C\CCCC(=O)OC[C@H](COP(=O)(O)OC[C@@H](O)COP(=O)(O)OC[C@@H](COC(=O)CCCCCCC/C=C\C=C/CCCCCC)OC(=O)CCC/C=C\C/C=C\C/C=C\C/C=C\CCCCC)OC(=O)CCCCCCC/C=C\CCCCCC. The topological polar surface area (TPSA) is 237 Å². The van der Waals surface area contributed by atoms with Crippen molar-refractivity contribution in [3.05, 3.63) is 134 Å². The highest BCUT2D eigenvalue weighted by Gasteiger charge is 2.30. The fraction of sp³-hybridized carbons (Fsp3) is 0.687. The molecule has 0 aliphatic rings. The number of phosphoric ester groups is 2. The highest BCUT2D eigenvalue weighted by atomic mass is 31.2. The van der Waals surface area contributed by atoms with E-state index in [0.717, 1.165) is 128 Å². The largest absolute Gasteiger partial charge is 0.472 e. The summed E-state index contributed by atoms with van der Waals surface area (Å²) in [5.41, 5.74) is 0. The highest BCUT2D eigenvalue weighted by Crippen LogP contribution is 2.45. The van der Waals surface area contributed by atoms with Gasteiger partial charge in [0, 0.05) is 25.7 Å². The van der Waals surface area contributed by atoms with Crippen LogP contribution >= 0.6 is 15.6 Å². The van der Waals surface area contributed by atoms with Crippen LogP contribution in [0.25, 0.3) is 0 Å². The lowest BCUT2D eigenvalue weighted by atomic mass is 10.1. The number of allylic oxidation sites excluding steroid dienone is 22. The summed E-state index contributed by atoms with van der Waals surface area (Å²) < 4.78 is 68.4. The molecule has 0 aliphatic heterocycles. The van der Waals surface area contributed by atoms with Crippen molar-refractivity contribution in [1.29, 1.82) is 0 Å². The molecule has 0 bridgehead atoms. The number of hydrogen-bond acceptors (Lipinski definition) is 15. The molecule has 0 radical (unpaired) electrons. The van der Waals surface area contributed by atoms with Crippen LogP contribution in [0.1, 0.15) is 310 Å². The van der Waals surface area contributed by atoms with Gasteiger partial charge in [-0.05, 0) is 154 Å². The number of carbonyl (C=O) groups excluding carboxylic acids is 4. The summed E-state index contributed by atoms with van der Waals surface area (Å²) in [6.45, 7) is 4.63. The van der Waals surface area contributed by atoms with Crippen molar-refractivity contribution in [3.8, 4) is 0 Å². The zero-order chi connectivity index (χ0) is 74.6. The number of hydrogen-bond donors (Lipinski definition) is 3. The molecule has 0 spiro atoms. The van der Waals surface area contributed by atoms with Gasteiger partial charge in [-0.3, -0.25) is 37.3 Å². The van der Waals surface area contributed by atoms with Crippen LogP contribution in [-0.4, -0.2) is 96.7 Å². The molecule has 0 heterocycles. The van der Waals surface area contributed by atoms with Crippen LogP contribution in [0, 0.1) is 0 Å². The van der Waals surface area contributed by atoms with Crippen LogP contribution in [0.5, 0.6) is 0 Å². The number of ether oxygens (including phenoxy) is 4. The average molecular weight is 1470 g/mol. The number of aliphatic hydroxyl groups is 1. The molecule has 0 saturated heterocycles. The zero-order valence-corrected chi connectivity index (χ0v) is 65.5. The lowest BCUT2D eigenvalue weighted by Gasteiger charge is -2.21. The Kier molecular flexibility index (Phi) is 71.0. The second-order valence-corrected chi connectivity index (χ2v) is 28.9. The van der Waals surface area contributed by atoms with Crippen molar-refractivity contribution in [1.82, 2.24) is 0 Å². The summed E-state index contributed by atoms with van der Waals surface area (Å²) in [6, 6.07) is 0. The molecule has 0 saturated carbocycles. The van der Waals surface area contributed by atoms with Crippen molar-refractivity contribution in [2.75, 3.05) is 39.6 Å². The van der Waals surface area contributed by atoms with Crippen molar-refractivity contribution >= 4 is 39.5 Å². The van der Waals surface area contributed by atoms with Gasteiger partial charge in [-0.2, -0.15) is 0 Å². The van der Waals surface area contributed by atoms with E-state index in [1.54, 1.807) is 0 Å². The van der Waals surface area contributed by atoms with Crippen molar-refractivity contribution in [3.63, 3.8) is 0 Å². The first kappa shape index (κ1) is 97.2. The van der Waals surface area contributed by atoms with Crippen LogP contribution < -0.4 is 0 Å². The molecule has 0 aromatic rings. The number of esters is 4. The van der Waals surface area contributed by atoms with Crippen LogP contribution in [0.15, 0.2) is 134 Å². The zero-order valence-electron chi connectivity index (χ0n) is 63.7. The number of phosphoric acid groups is 2. The molecular formula is C83H140O17P2. The monoisotopic (exact) mass is 1470 g/mol. The minimum Gasteiger partial charge on any atom is -0.462 e. The molecule has 17 nitrogen and oxygen atoms in total. The summed E-state index contributed by atoms with van der Waals surface area (Å²) in [4.78, 5) is 72.9. The Hall–Kier alpha value is -4.80. The number of carbonyl (C=O) groups is 4. The maximum atomic E-state index is 13.1. The summed E-state index contributed by atoms with van der Waals surface area (Å²) >= 11 is 0. The molecule has 0 amide bonds. The molecule has 102 heavy (non-hydrogen) atoms. The first-order chi connectivity index (χ1) is 49.7. The summed E-state index contributed by atoms with van der Waals surface area (Å²) in [5.74, 6) is -2.33. The van der Waals surface area contributed by atoms with Gasteiger partial charge in [-0.15, -0.1) is 0 Å². The van der Waals surface area contributed by atoms with Crippen molar-refractivity contribution in [2.24, 2.45) is 0 Å². The molecule has 19 heteroatoms. The Morgan fingerprint density at radius 3 is 0.873 bits per heavy atom. The van der Waals surface area contributed by atoms with Gasteiger partial charge in [0.1, 0.15) is 19.3 Å². The van der Waals surface area contributed by atoms with E-state index in [-0.39, 0.29) is 25.7 Å². The maximum absolute atomic E-state index is 13.1. The molecular weight excluding hydrogens is 1330 g/mol. The molecule has 3 N–H and O–H groups in total. The van der Waals surface area contributed by atoms with Crippen molar-refractivity contribution < 1.29 is 80.2 Å². The predicted molar refractivity (Wildman–Crippen MR) is 418 cm³/mol. The third-order valence-corrected chi connectivity index (χ3v) is 18.0. The molecule has 2 unspecified atom stereocenters. The van der Waals surface area contributed by atoms with E-state index < -0.39 is 97.5 Å². The molecule has 0 aliphatic carbocycles. The summed E-state index contributed by atoms with van der Waals surface area (Å²) in [7, 11) is -10.00. The maximum Gasteiger partial charge on any atom is 0.472 e. The number of aliphatic hydroxyl groups excluding tert-OH is 1. The van der Waals surface area contributed by atoms with E-state index in [1.165, 1.54) is 89.9 Å². The summed E-state index contributed by atoms with van der Waals surface area (Å²) in [6.07, 6.45) is 83.0. The van der Waals surface area contributed by atoms with Crippen LogP contribution in [0.4, 0.5) is 0 Å². The second kappa shape index (κ2) is 74.5. The average Bonchev–Trinajstić information content (AvgIpc) is 0.909. The van der Waals surface area contributed by atoms with E-state index in [1.807, 2.05) is 24.3 Å². The second-order valence-electron chi connectivity index (χ2n) is 26.0. The van der Waals surface area contributed by atoms with Gasteiger partial charge >= 0.3 is 39.5 Å². The fourth-order valence-electron chi connectivity index (χ4n) is 10.0. The van der Waals surface area contributed by atoms with E-state index in [9.17, 15) is 43.2 Å². The van der Waals surface area contributed by atoms with E-state index in [2.05, 4.69) is 137 Å². The number of rotatable bonds is 73. The smallest absolute Gasteiger partial charge is 0.462 e. The Morgan fingerprint density at radius 2 is 0.520 bits per heavy atom. The fourth-order valence-corrected chi connectivity index (χ4v) is 11.6. The first-order valence-electron chi connectivity index (χ1n) is 39.4. The first-order valence-corrected chi connectivity index (χ1v) is 42.4. The molecule has 0 rings (SSSR count). The molecule has 0 fully saturated rings. The van der Waals surface area contributed by atoms with Gasteiger partial charge in [-0.25, -0.2) is 9.13 Å². The molecule has 584 valence electrons. The standard InChI is InChI=1S/C83H140O17P2/c1-5-9-13-17-21-25-29-33-36-38-41-45-48-52-56-60-64-68-81(86)94-73-78(99-82(87)69-65-61-57-53-49-43-32-28-24-20-16-12-8-4)75-97-101(89,90)95-71-77(84)72-96-102(91,92)98-76-79(74-93-80(85)67-63-59-55-51-47-44-40-35-31-27-23-19-15-11-7-3)100-83(88)70-66-62-58-54-50-46-42-39-37-34-30-26-22-18-14-10-6-2/h21-22,25-28,31-37,40-42,45-46,52,54,56,58,77-79,84H,5-20,23-24,29-30,38-39,43-44,47-51,53,55,57,59-76H2,1-4H3,(H,89,90)(H,91,92)/b25-21-,26-22-,31-27-,32-28-,36-33-,37-34-,40-35-,45-41-,46-42-,56-52-,58-54-/t77-,78-,79-/m1/s1. The summed E-state index contributed by atoms with van der Waals surface area (Å²) in [5, 5.41) is 10.6. The van der Waals surface area contributed by atoms with Gasteiger partial charge < -0.3 is 33.8 Å². The minimum atomic E-state index is -5.00. The normalized spacial score (nSPS) is 14.6. The van der Waals surface area contributed by atoms with Gasteiger partial charge in [-0.1, -0.05) is 264 Å². The van der Waals surface area contributed by atoms with Gasteiger partial charge in [0.25, 0.3) is 0 Å². The Balaban J connectivity index is 5.47. The highest BCUT2D eigenvalue weighted by molar-refractivity contribution is 7.47. The minimum absolute atomic E-state index is 0.0115. The quantitative estimate of drug-likeness (QED) is 0.0128. The van der Waals surface area contributed by atoms with E-state index in [0.29, 0.717) is 38.5 Å². The van der Waals surface area contributed by atoms with Crippen LogP contribution in [0.3, 0.4) is 0 Å². The third kappa shape index (κ3) is 73.5. The van der Waals surface area contributed by atoms with Gasteiger partial charge in [0.2, 0.25) is 0 Å². The Morgan fingerprint density at radius 1 is 0.284 bits per heavy atom. The van der Waals surface area contributed by atoms with Gasteiger partial charge in [0.15, 0.2) is 12.2 Å². The Labute approximate surface area is 618 Å². The molecule has 0 aromatic carbocycles. The van der Waals surface area contributed by atoms with E-state index in [4.69, 9.17) is 37.0 Å². The lowest BCUT2D eigenvalue weighted by Crippen LogP contribution is -2.30. The third-order valence-electron chi connectivity index (χ3n) is 16.1. The van der Waals surface area contributed by atoms with Crippen LogP contribution in [-0.2, 0) is 65.4 Å². The Bertz CT molecular complexity index is 2460. The number of unbranched alkanes of at least 4 members (excludes halogenated alkanes) is 26. The van der Waals surface area contributed by atoms with Crippen molar-refractivity contribution in [2.45, 2.75) is 329 Å². The predicted octanol–water partition coefficient (Wildman–Crippen LogP) is 22.9. The van der Waals surface area contributed by atoms with Gasteiger partial charge in [0.05, 0.1) is 26.4 Å². The molecule has 0 aromatic heterocycles. The van der Waals surface area contributed by atoms with Crippen LogP contribution in [0.2, 0.25) is 0 Å².